The number of methoxy groups -OCH3 is 1. The highest BCUT2D eigenvalue weighted by atomic mass is 16.5. The van der Waals surface area contributed by atoms with Gasteiger partial charge in [-0.3, -0.25) is 0 Å². The number of benzene rings is 2. The molecule has 5 rings (SSSR count). The number of anilines is 1. The molecule has 2 aromatic heterocycles. The van der Waals surface area contributed by atoms with Gasteiger partial charge in [0, 0.05) is 12.6 Å². The standard InChI is InChI=1S/C22H21N5O2/c1-13-10-20(21-24-17-9-8-15(28-3)11-18(17)25-21)27(12-13)19-7-5-4-6-16(19)22-23-14(2)26-29-22/h4-9,11,20H,1,10,12H2,2-3H3,(H,24,25)/t20-/m0/s1. The van der Waals surface area contributed by atoms with Crippen LogP contribution in [0.4, 0.5) is 5.69 Å². The van der Waals surface area contributed by atoms with Crippen molar-refractivity contribution in [1.29, 1.82) is 0 Å². The predicted octanol–water partition coefficient (Wildman–Crippen LogP) is 4.44. The summed E-state index contributed by atoms with van der Waals surface area (Å²) < 4.78 is 10.8. The number of para-hydroxylation sites is 1. The van der Waals surface area contributed by atoms with Crippen molar-refractivity contribution in [3.8, 4) is 17.2 Å². The lowest BCUT2D eigenvalue weighted by Gasteiger charge is -2.26. The largest absolute Gasteiger partial charge is 0.497 e. The average molecular weight is 387 g/mol. The summed E-state index contributed by atoms with van der Waals surface area (Å²) in [7, 11) is 1.66. The number of ether oxygens (including phenoxy) is 1. The molecule has 1 aliphatic heterocycles. The molecule has 3 heterocycles. The second-order valence-electron chi connectivity index (χ2n) is 7.27. The van der Waals surface area contributed by atoms with E-state index in [2.05, 4.69) is 32.7 Å². The van der Waals surface area contributed by atoms with Crippen molar-refractivity contribution < 1.29 is 9.26 Å². The lowest BCUT2D eigenvalue weighted by molar-refractivity contribution is 0.415. The zero-order chi connectivity index (χ0) is 20.0. The minimum Gasteiger partial charge on any atom is -0.497 e. The summed E-state index contributed by atoms with van der Waals surface area (Å²) in [4.78, 5) is 15.0. The highest BCUT2D eigenvalue weighted by Crippen LogP contribution is 2.41. The van der Waals surface area contributed by atoms with Crippen LogP contribution in [0.25, 0.3) is 22.5 Å². The molecule has 2 aromatic carbocycles. The Morgan fingerprint density at radius 1 is 1.21 bits per heavy atom. The van der Waals surface area contributed by atoms with Crippen molar-refractivity contribution in [2.45, 2.75) is 19.4 Å². The van der Waals surface area contributed by atoms with Gasteiger partial charge in [-0.2, -0.15) is 4.98 Å². The molecular weight excluding hydrogens is 366 g/mol. The van der Waals surface area contributed by atoms with Gasteiger partial charge in [0.15, 0.2) is 5.82 Å². The Bertz CT molecular complexity index is 1210. The first kappa shape index (κ1) is 17.5. The van der Waals surface area contributed by atoms with Crippen LogP contribution in [0.15, 0.2) is 59.1 Å². The number of H-pyrrole nitrogens is 1. The van der Waals surface area contributed by atoms with Crippen LogP contribution >= 0.6 is 0 Å². The maximum atomic E-state index is 5.44. The number of rotatable bonds is 4. The Morgan fingerprint density at radius 2 is 2.07 bits per heavy atom. The topological polar surface area (TPSA) is 80.1 Å². The van der Waals surface area contributed by atoms with E-state index in [1.807, 2.05) is 43.3 Å². The van der Waals surface area contributed by atoms with Crippen molar-refractivity contribution in [1.82, 2.24) is 20.1 Å². The van der Waals surface area contributed by atoms with E-state index in [0.29, 0.717) is 11.7 Å². The van der Waals surface area contributed by atoms with Gasteiger partial charge in [-0.15, -0.1) is 0 Å². The molecule has 1 N–H and O–H groups in total. The van der Waals surface area contributed by atoms with Crippen molar-refractivity contribution in [2.24, 2.45) is 0 Å². The highest BCUT2D eigenvalue weighted by molar-refractivity contribution is 5.78. The Hall–Kier alpha value is -3.61. The van der Waals surface area contributed by atoms with Crippen LogP contribution in [0.2, 0.25) is 0 Å². The van der Waals surface area contributed by atoms with Crippen LogP contribution in [-0.4, -0.2) is 33.8 Å². The van der Waals surface area contributed by atoms with Crippen molar-refractivity contribution in [3.63, 3.8) is 0 Å². The number of nitrogens with zero attached hydrogens (tertiary/aromatic N) is 4. The fourth-order valence-electron chi connectivity index (χ4n) is 3.90. The number of aromatic nitrogens is 4. The number of hydrogen-bond donors (Lipinski definition) is 1. The van der Waals surface area contributed by atoms with Gasteiger partial charge in [0.2, 0.25) is 0 Å². The van der Waals surface area contributed by atoms with Crippen LogP contribution in [0.3, 0.4) is 0 Å². The van der Waals surface area contributed by atoms with Crippen molar-refractivity contribution in [3.05, 3.63) is 66.3 Å². The lowest BCUT2D eigenvalue weighted by Crippen LogP contribution is -2.24. The summed E-state index contributed by atoms with van der Waals surface area (Å²) in [6.45, 7) is 6.80. The molecule has 29 heavy (non-hydrogen) atoms. The number of aryl methyl sites for hydroxylation is 1. The number of imidazole rings is 1. The second-order valence-corrected chi connectivity index (χ2v) is 7.27. The van der Waals surface area contributed by atoms with Gasteiger partial charge in [0.1, 0.15) is 11.6 Å². The molecule has 7 nitrogen and oxygen atoms in total. The molecular formula is C22H21N5O2. The zero-order valence-electron chi connectivity index (χ0n) is 16.3. The lowest BCUT2D eigenvalue weighted by atomic mass is 10.1. The van der Waals surface area contributed by atoms with Gasteiger partial charge >= 0.3 is 0 Å². The molecule has 146 valence electrons. The van der Waals surface area contributed by atoms with E-state index in [1.54, 1.807) is 7.11 Å². The van der Waals surface area contributed by atoms with Gasteiger partial charge in [-0.25, -0.2) is 4.98 Å². The quantitative estimate of drug-likeness (QED) is 0.522. The van der Waals surface area contributed by atoms with Crippen LogP contribution < -0.4 is 9.64 Å². The van der Waals surface area contributed by atoms with Crippen LogP contribution in [0.1, 0.15) is 24.1 Å². The first-order chi connectivity index (χ1) is 14.1. The molecule has 1 aliphatic rings. The van der Waals surface area contributed by atoms with E-state index in [9.17, 15) is 0 Å². The maximum absolute atomic E-state index is 5.44. The molecule has 0 radical (unpaired) electrons. The molecule has 0 aliphatic carbocycles. The van der Waals surface area contributed by atoms with E-state index in [4.69, 9.17) is 14.2 Å². The SMILES string of the molecule is C=C1C[C@@H](c2nc3ccc(OC)cc3[nH]2)N(c2ccccc2-c2nc(C)no2)C1. The fraction of sp³-hybridized carbons (Fsp3) is 0.227. The van der Waals surface area contributed by atoms with E-state index in [1.165, 1.54) is 0 Å². The Morgan fingerprint density at radius 3 is 2.86 bits per heavy atom. The van der Waals surface area contributed by atoms with Crippen LogP contribution in [-0.2, 0) is 0 Å². The van der Waals surface area contributed by atoms with E-state index >= 15 is 0 Å². The molecule has 0 unspecified atom stereocenters. The Kier molecular flexibility index (Phi) is 4.08. The second kappa shape index (κ2) is 6.77. The minimum absolute atomic E-state index is 0.0473. The van der Waals surface area contributed by atoms with Crippen LogP contribution in [0, 0.1) is 6.92 Å². The van der Waals surface area contributed by atoms with Gasteiger partial charge < -0.3 is 19.1 Å². The number of fused-ring (bicyclic) bond motifs is 1. The molecule has 0 saturated carbocycles. The van der Waals surface area contributed by atoms with Crippen molar-refractivity contribution in [2.75, 3.05) is 18.6 Å². The smallest absolute Gasteiger partial charge is 0.260 e. The summed E-state index contributed by atoms with van der Waals surface area (Å²) in [6, 6.07) is 14.0. The summed E-state index contributed by atoms with van der Waals surface area (Å²) in [5.41, 5.74) is 4.96. The van der Waals surface area contributed by atoms with E-state index < -0.39 is 0 Å². The average Bonchev–Trinajstić information content (AvgIpc) is 3.44. The number of aromatic amines is 1. The predicted molar refractivity (Wildman–Crippen MR) is 111 cm³/mol. The maximum Gasteiger partial charge on any atom is 0.260 e. The minimum atomic E-state index is 0.0473. The zero-order valence-corrected chi connectivity index (χ0v) is 16.3. The monoisotopic (exact) mass is 387 g/mol. The Labute approximate surface area is 168 Å². The van der Waals surface area contributed by atoms with E-state index in [0.717, 1.165) is 52.4 Å². The molecule has 1 fully saturated rings. The van der Waals surface area contributed by atoms with Crippen LogP contribution in [0.5, 0.6) is 5.75 Å². The molecule has 0 bridgehead atoms. The molecule has 1 atom stereocenters. The highest BCUT2D eigenvalue weighted by Gasteiger charge is 2.33. The first-order valence-corrected chi connectivity index (χ1v) is 9.49. The third kappa shape index (κ3) is 3.04. The van der Waals surface area contributed by atoms with Gasteiger partial charge in [-0.1, -0.05) is 29.4 Å². The van der Waals surface area contributed by atoms with Gasteiger partial charge in [0.25, 0.3) is 5.89 Å². The van der Waals surface area contributed by atoms with Gasteiger partial charge in [-0.05, 0) is 37.6 Å². The Balaban J connectivity index is 1.58. The van der Waals surface area contributed by atoms with Crippen molar-refractivity contribution >= 4 is 16.7 Å². The molecule has 7 heteroatoms. The number of nitrogens with one attached hydrogen (secondary N) is 1. The number of hydrogen-bond acceptors (Lipinski definition) is 6. The molecule has 0 amide bonds. The third-order valence-electron chi connectivity index (χ3n) is 5.25. The molecule has 1 saturated heterocycles. The van der Waals surface area contributed by atoms with E-state index in [-0.39, 0.29) is 6.04 Å². The summed E-state index contributed by atoms with van der Waals surface area (Å²) in [5, 5.41) is 3.95. The summed E-state index contributed by atoms with van der Waals surface area (Å²) >= 11 is 0. The fourth-order valence-corrected chi connectivity index (χ4v) is 3.90. The first-order valence-electron chi connectivity index (χ1n) is 9.49. The summed E-state index contributed by atoms with van der Waals surface area (Å²) in [5.74, 6) is 2.84. The third-order valence-corrected chi connectivity index (χ3v) is 5.25. The van der Waals surface area contributed by atoms with Gasteiger partial charge in [0.05, 0.1) is 35.4 Å². The summed E-state index contributed by atoms with van der Waals surface area (Å²) in [6.07, 6.45) is 0.828. The molecule has 4 aromatic rings. The molecule has 0 spiro atoms. The normalized spacial score (nSPS) is 16.7.